The van der Waals surface area contributed by atoms with Gasteiger partial charge in [0.2, 0.25) is 10.0 Å². The van der Waals surface area contributed by atoms with Gasteiger partial charge in [0.1, 0.15) is 5.82 Å². The summed E-state index contributed by atoms with van der Waals surface area (Å²) in [4.78, 5) is 20.7. The van der Waals surface area contributed by atoms with E-state index in [1.807, 2.05) is 6.07 Å². The number of nitrogens with one attached hydrogen (secondary N) is 1. The Labute approximate surface area is 158 Å². The minimum absolute atomic E-state index is 0.0121. The fourth-order valence-corrected chi connectivity index (χ4v) is 6.06. The normalized spacial score (nSPS) is 22.1. The number of nitrogens with zero attached hydrogens (tertiary/aromatic N) is 2. The quantitative estimate of drug-likeness (QED) is 0.879. The minimum atomic E-state index is -3.46. The molecular formula is C20H23N3O3S. The molecule has 1 aromatic heterocycles. The van der Waals surface area contributed by atoms with Gasteiger partial charge >= 0.3 is 0 Å². The maximum Gasteiger partial charge on any atom is 0.254 e. The second-order valence-corrected chi connectivity index (χ2v) is 9.99. The zero-order valence-electron chi connectivity index (χ0n) is 15.1. The summed E-state index contributed by atoms with van der Waals surface area (Å²) in [6.45, 7) is 0.952. The molecule has 142 valence electrons. The van der Waals surface area contributed by atoms with E-state index in [2.05, 4.69) is 4.98 Å². The van der Waals surface area contributed by atoms with Crippen molar-refractivity contribution < 1.29 is 8.42 Å². The van der Waals surface area contributed by atoms with E-state index < -0.39 is 10.0 Å². The highest BCUT2D eigenvalue weighted by molar-refractivity contribution is 7.89. The van der Waals surface area contributed by atoms with Crippen LogP contribution in [-0.2, 0) is 21.9 Å². The topological polar surface area (TPSA) is 83.1 Å². The molecule has 0 amide bonds. The number of sulfonamides is 1. The van der Waals surface area contributed by atoms with Crippen LogP contribution in [0.15, 0.2) is 40.0 Å². The summed E-state index contributed by atoms with van der Waals surface area (Å²) in [5.74, 6) is 1.23. The second kappa shape index (κ2) is 6.01. The molecule has 0 bridgehead atoms. The van der Waals surface area contributed by atoms with Gasteiger partial charge in [0.15, 0.2) is 0 Å². The molecule has 3 aliphatic rings. The molecule has 1 spiro atoms. The van der Waals surface area contributed by atoms with Gasteiger partial charge in [0.25, 0.3) is 5.56 Å². The summed E-state index contributed by atoms with van der Waals surface area (Å²) in [5, 5.41) is 0. The highest BCUT2D eigenvalue weighted by Crippen LogP contribution is 2.46. The first-order valence-corrected chi connectivity index (χ1v) is 11.1. The lowest BCUT2D eigenvalue weighted by Gasteiger charge is -2.38. The molecule has 1 N–H and O–H groups in total. The molecule has 1 aliphatic heterocycles. The molecule has 2 aliphatic carbocycles. The maximum atomic E-state index is 12.9. The van der Waals surface area contributed by atoms with E-state index in [4.69, 9.17) is 4.98 Å². The molecule has 1 aromatic carbocycles. The van der Waals surface area contributed by atoms with Crippen molar-refractivity contribution in [3.8, 4) is 0 Å². The van der Waals surface area contributed by atoms with Crippen LogP contribution in [0.25, 0.3) is 0 Å². The van der Waals surface area contributed by atoms with Crippen molar-refractivity contribution in [2.24, 2.45) is 0 Å². The van der Waals surface area contributed by atoms with Crippen LogP contribution in [0.3, 0.4) is 0 Å². The third kappa shape index (κ3) is 2.75. The summed E-state index contributed by atoms with van der Waals surface area (Å²) in [5.41, 5.74) is 1.64. The van der Waals surface area contributed by atoms with Crippen LogP contribution in [0.2, 0.25) is 0 Å². The Kier molecular flexibility index (Phi) is 3.81. The molecule has 5 rings (SSSR count). The number of piperidine rings is 1. The Balaban J connectivity index is 1.43. The highest BCUT2D eigenvalue weighted by Gasteiger charge is 2.46. The Bertz CT molecular complexity index is 1030. The van der Waals surface area contributed by atoms with Gasteiger partial charge in [-0.05, 0) is 50.7 Å². The van der Waals surface area contributed by atoms with Crippen LogP contribution >= 0.6 is 0 Å². The minimum Gasteiger partial charge on any atom is -0.310 e. The van der Waals surface area contributed by atoms with Gasteiger partial charge in [-0.2, -0.15) is 4.31 Å². The van der Waals surface area contributed by atoms with E-state index in [1.165, 1.54) is 0 Å². The lowest BCUT2D eigenvalue weighted by atomic mass is 9.76. The SMILES string of the molecule is O=c1[nH]c(C2CC2)nc2c1CCC21CCN(S(=O)(=O)c2ccccc2)CC1. The number of rotatable bonds is 3. The van der Waals surface area contributed by atoms with E-state index in [0.29, 0.717) is 23.9 Å². The number of hydrogen-bond acceptors (Lipinski definition) is 4. The zero-order chi connectivity index (χ0) is 18.6. The predicted octanol–water partition coefficient (Wildman–Crippen LogP) is 2.32. The fourth-order valence-electron chi connectivity index (χ4n) is 4.60. The monoisotopic (exact) mass is 385 g/mol. The Morgan fingerprint density at radius 3 is 2.44 bits per heavy atom. The number of aromatic amines is 1. The molecule has 0 atom stereocenters. The van der Waals surface area contributed by atoms with Crippen LogP contribution in [0.4, 0.5) is 0 Å². The van der Waals surface area contributed by atoms with Gasteiger partial charge in [0.05, 0.1) is 10.6 Å². The van der Waals surface area contributed by atoms with E-state index in [9.17, 15) is 13.2 Å². The van der Waals surface area contributed by atoms with E-state index >= 15 is 0 Å². The summed E-state index contributed by atoms with van der Waals surface area (Å²) in [6, 6.07) is 8.61. The first-order valence-electron chi connectivity index (χ1n) is 9.68. The molecule has 27 heavy (non-hydrogen) atoms. The fraction of sp³-hybridized carbons (Fsp3) is 0.500. The Morgan fingerprint density at radius 1 is 1.07 bits per heavy atom. The van der Waals surface area contributed by atoms with E-state index in [1.54, 1.807) is 28.6 Å². The standard InChI is InChI=1S/C20H23N3O3S/c24-19-16-8-9-20(17(16)21-18(22-19)14-6-7-14)10-12-23(13-11-20)27(25,26)15-4-2-1-3-5-15/h1-5,14H,6-13H2,(H,21,22,24). The highest BCUT2D eigenvalue weighted by atomic mass is 32.2. The summed E-state index contributed by atoms with van der Waals surface area (Å²) < 4.78 is 27.4. The Morgan fingerprint density at radius 2 is 1.78 bits per heavy atom. The molecule has 2 fully saturated rings. The second-order valence-electron chi connectivity index (χ2n) is 8.05. The number of benzene rings is 1. The van der Waals surface area contributed by atoms with Crippen LogP contribution < -0.4 is 5.56 Å². The molecule has 2 aromatic rings. The summed E-state index contributed by atoms with van der Waals surface area (Å²) >= 11 is 0. The van der Waals surface area contributed by atoms with E-state index in [0.717, 1.165) is 55.6 Å². The average molecular weight is 385 g/mol. The smallest absolute Gasteiger partial charge is 0.254 e. The van der Waals surface area contributed by atoms with Gasteiger partial charge in [-0.15, -0.1) is 0 Å². The largest absolute Gasteiger partial charge is 0.310 e. The van der Waals surface area contributed by atoms with Crippen molar-refractivity contribution in [2.45, 2.75) is 54.8 Å². The molecule has 0 radical (unpaired) electrons. The van der Waals surface area contributed by atoms with Crippen molar-refractivity contribution in [1.82, 2.24) is 14.3 Å². The first-order chi connectivity index (χ1) is 13.0. The van der Waals surface area contributed by atoms with Crippen LogP contribution in [0.5, 0.6) is 0 Å². The summed E-state index contributed by atoms with van der Waals surface area (Å²) in [6.07, 6.45) is 5.29. The summed E-state index contributed by atoms with van der Waals surface area (Å²) in [7, 11) is -3.46. The van der Waals surface area contributed by atoms with Crippen molar-refractivity contribution in [1.29, 1.82) is 0 Å². The van der Waals surface area contributed by atoms with Crippen LogP contribution in [0.1, 0.15) is 55.1 Å². The molecule has 6 nitrogen and oxygen atoms in total. The molecule has 1 saturated heterocycles. The van der Waals surface area contributed by atoms with Crippen molar-refractivity contribution >= 4 is 10.0 Å². The van der Waals surface area contributed by atoms with Crippen LogP contribution in [0, 0.1) is 0 Å². The number of hydrogen-bond donors (Lipinski definition) is 1. The predicted molar refractivity (Wildman–Crippen MR) is 101 cm³/mol. The average Bonchev–Trinajstić information content (AvgIpc) is 3.48. The van der Waals surface area contributed by atoms with Crippen molar-refractivity contribution in [2.75, 3.05) is 13.1 Å². The zero-order valence-corrected chi connectivity index (χ0v) is 16.0. The molecule has 2 heterocycles. The maximum absolute atomic E-state index is 12.9. The number of aromatic nitrogens is 2. The lowest BCUT2D eigenvalue weighted by Crippen LogP contribution is -2.44. The third-order valence-electron chi connectivity index (χ3n) is 6.41. The lowest BCUT2D eigenvalue weighted by molar-refractivity contribution is 0.227. The van der Waals surface area contributed by atoms with Gasteiger partial charge in [-0.3, -0.25) is 4.79 Å². The van der Waals surface area contributed by atoms with Gasteiger partial charge in [0, 0.05) is 30.0 Å². The van der Waals surface area contributed by atoms with Crippen molar-refractivity contribution in [3.63, 3.8) is 0 Å². The molecular weight excluding hydrogens is 362 g/mol. The number of H-pyrrole nitrogens is 1. The van der Waals surface area contributed by atoms with Crippen LogP contribution in [-0.4, -0.2) is 35.8 Å². The van der Waals surface area contributed by atoms with Gasteiger partial charge < -0.3 is 4.98 Å². The first kappa shape index (κ1) is 17.1. The molecule has 7 heteroatoms. The van der Waals surface area contributed by atoms with E-state index in [-0.39, 0.29) is 11.0 Å². The number of fused-ring (bicyclic) bond motifs is 2. The van der Waals surface area contributed by atoms with Gasteiger partial charge in [-0.1, -0.05) is 18.2 Å². The third-order valence-corrected chi connectivity index (χ3v) is 8.33. The molecule has 0 unspecified atom stereocenters. The Hall–Kier alpha value is -1.99. The van der Waals surface area contributed by atoms with Gasteiger partial charge in [-0.25, -0.2) is 13.4 Å². The molecule has 1 saturated carbocycles. The van der Waals surface area contributed by atoms with Crippen molar-refractivity contribution in [3.05, 3.63) is 57.8 Å².